The second-order valence-electron chi connectivity index (χ2n) is 6.17. The molecule has 1 saturated heterocycles. The number of carbonyl (C=O) groups is 1. The molecule has 7 nitrogen and oxygen atoms in total. The zero-order valence-corrected chi connectivity index (χ0v) is 13.9. The van der Waals surface area contributed by atoms with Gasteiger partial charge in [-0.3, -0.25) is 4.79 Å². The van der Waals surface area contributed by atoms with Crippen molar-refractivity contribution in [3.05, 3.63) is 48.0 Å². The van der Waals surface area contributed by atoms with Crippen molar-refractivity contribution < 1.29 is 14.1 Å². The van der Waals surface area contributed by atoms with Gasteiger partial charge in [0, 0.05) is 42.8 Å². The van der Waals surface area contributed by atoms with Gasteiger partial charge < -0.3 is 14.2 Å². The van der Waals surface area contributed by atoms with Crippen LogP contribution in [0.3, 0.4) is 0 Å². The van der Waals surface area contributed by atoms with E-state index in [1.54, 1.807) is 24.1 Å². The summed E-state index contributed by atoms with van der Waals surface area (Å²) in [5.74, 6) is 1.09. The quantitative estimate of drug-likeness (QED) is 0.730. The van der Waals surface area contributed by atoms with Crippen LogP contribution in [0.4, 0.5) is 0 Å². The van der Waals surface area contributed by atoms with Crippen LogP contribution in [0.5, 0.6) is 5.88 Å². The molecule has 1 aliphatic rings. The smallest absolute Gasteiger partial charge is 0.276 e. The Morgan fingerprint density at radius 2 is 2.08 bits per heavy atom. The highest BCUT2D eigenvalue weighted by molar-refractivity contribution is 5.92. The van der Waals surface area contributed by atoms with Crippen molar-refractivity contribution in [1.29, 1.82) is 0 Å². The zero-order chi connectivity index (χ0) is 17.2. The van der Waals surface area contributed by atoms with Gasteiger partial charge in [0.15, 0.2) is 5.69 Å². The summed E-state index contributed by atoms with van der Waals surface area (Å²) in [7, 11) is 0. The molecule has 0 saturated carbocycles. The van der Waals surface area contributed by atoms with Crippen LogP contribution in [0.1, 0.15) is 29.1 Å². The summed E-state index contributed by atoms with van der Waals surface area (Å²) in [6.07, 6.45) is 3.23. The lowest BCUT2D eigenvalue weighted by Crippen LogP contribution is -2.42. The molecule has 0 spiro atoms. The van der Waals surface area contributed by atoms with Gasteiger partial charge in [-0.25, -0.2) is 0 Å². The molecular formula is C18H18N4O3. The van der Waals surface area contributed by atoms with Gasteiger partial charge in [0.2, 0.25) is 5.88 Å². The Morgan fingerprint density at radius 1 is 1.28 bits per heavy atom. The summed E-state index contributed by atoms with van der Waals surface area (Å²) in [6.45, 7) is 3.01. The molecular weight excluding hydrogens is 320 g/mol. The van der Waals surface area contributed by atoms with E-state index in [9.17, 15) is 4.79 Å². The second-order valence-corrected chi connectivity index (χ2v) is 6.17. The van der Waals surface area contributed by atoms with E-state index >= 15 is 0 Å². The molecule has 0 N–H and O–H groups in total. The highest BCUT2D eigenvalue weighted by Gasteiger charge is 2.27. The maximum atomic E-state index is 12.4. The number of aromatic nitrogens is 3. The van der Waals surface area contributed by atoms with Crippen LogP contribution in [0.15, 0.2) is 41.1 Å². The molecule has 0 bridgehead atoms. The first-order valence-electron chi connectivity index (χ1n) is 8.30. The molecule has 7 heteroatoms. The molecule has 25 heavy (non-hydrogen) atoms. The number of benzene rings is 1. The van der Waals surface area contributed by atoms with Gasteiger partial charge in [-0.05, 0) is 13.0 Å². The van der Waals surface area contributed by atoms with Crippen LogP contribution in [0.25, 0.3) is 10.8 Å². The molecule has 0 unspecified atom stereocenters. The Hall–Kier alpha value is -2.96. The highest BCUT2D eigenvalue weighted by Crippen LogP contribution is 2.25. The molecule has 1 aliphatic heterocycles. The van der Waals surface area contributed by atoms with Gasteiger partial charge in [-0.1, -0.05) is 23.4 Å². The summed E-state index contributed by atoms with van der Waals surface area (Å²) in [5.41, 5.74) is 0.358. The van der Waals surface area contributed by atoms with Gasteiger partial charge in [0.1, 0.15) is 11.9 Å². The molecule has 3 heterocycles. The number of fused-ring (bicyclic) bond motifs is 1. The fourth-order valence-electron chi connectivity index (χ4n) is 3.05. The van der Waals surface area contributed by atoms with Gasteiger partial charge in [-0.15, -0.1) is 5.10 Å². The lowest BCUT2D eigenvalue weighted by molar-refractivity contribution is 0.0580. The summed E-state index contributed by atoms with van der Waals surface area (Å²) >= 11 is 0. The van der Waals surface area contributed by atoms with Crippen molar-refractivity contribution in [2.24, 2.45) is 0 Å². The van der Waals surface area contributed by atoms with E-state index in [-0.39, 0.29) is 12.0 Å². The zero-order valence-electron chi connectivity index (χ0n) is 13.9. The molecule has 0 radical (unpaired) electrons. The van der Waals surface area contributed by atoms with Gasteiger partial charge in [0.25, 0.3) is 5.91 Å². The Kier molecular flexibility index (Phi) is 4.05. The average molecular weight is 338 g/mol. The fourth-order valence-corrected chi connectivity index (χ4v) is 3.05. The Bertz CT molecular complexity index is 895. The Labute approximate surface area is 144 Å². The number of ether oxygens (including phenoxy) is 1. The molecule has 1 amide bonds. The van der Waals surface area contributed by atoms with Crippen LogP contribution in [-0.2, 0) is 0 Å². The highest BCUT2D eigenvalue weighted by atomic mass is 16.5. The molecule has 2 aromatic heterocycles. The van der Waals surface area contributed by atoms with E-state index in [4.69, 9.17) is 9.26 Å². The third kappa shape index (κ3) is 3.17. The lowest BCUT2D eigenvalue weighted by Gasteiger charge is -2.31. The van der Waals surface area contributed by atoms with Crippen LogP contribution in [0, 0.1) is 6.92 Å². The van der Waals surface area contributed by atoms with Crippen molar-refractivity contribution in [3.8, 4) is 5.88 Å². The maximum Gasteiger partial charge on any atom is 0.276 e. The third-order valence-corrected chi connectivity index (χ3v) is 4.39. The largest absolute Gasteiger partial charge is 0.473 e. The number of hydrogen-bond donors (Lipinski definition) is 0. The van der Waals surface area contributed by atoms with E-state index in [1.165, 1.54) is 0 Å². The first-order chi connectivity index (χ1) is 12.2. The summed E-state index contributed by atoms with van der Waals surface area (Å²) in [4.78, 5) is 14.2. The number of rotatable bonds is 3. The number of likely N-dealkylation sites (tertiary alicyclic amines) is 1. The first kappa shape index (κ1) is 15.6. The van der Waals surface area contributed by atoms with E-state index < -0.39 is 0 Å². The van der Waals surface area contributed by atoms with Crippen LogP contribution in [0.2, 0.25) is 0 Å². The standard InChI is InChI=1S/C18H18N4O3/c1-12-10-16(21-25-12)18(23)22-8-6-14(7-9-22)24-17-15-5-3-2-4-13(15)11-19-20-17/h2-5,10-11,14H,6-9H2,1H3. The molecule has 0 aliphatic carbocycles. The van der Waals surface area contributed by atoms with E-state index in [0.29, 0.717) is 30.4 Å². The summed E-state index contributed by atoms with van der Waals surface area (Å²) in [5, 5.41) is 13.9. The first-order valence-corrected chi connectivity index (χ1v) is 8.30. The number of aryl methyl sites for hydroxylation is 1. The van der Waals surface area contributed by atoms with Crippen molar-refractivity contribution in [2.75, 3.05) is 13.1 Å². The Balaban J connectivity index is 1.41. The molecule has 1 aromatic carbocycles. The van der Waals surface area contributed by atoms with Crippen molar-refractivity contribution >= 4 is 16.7 Å². The van der Waals surface area contributed by atoms with Crippen molar-refractivity contribution in [2.45, 2.75) is 25.9 Å². The number of carbonyl (C=O) groups excluding carboxylic acids is 1. The van der Waals surface area contributed by atoms with Crippen LogP contribution < -0.4 is 4.74 Å². The number of piperidine rings is 1. The predicted octanol–water partition coefficient (Wildman–Crippen LogP) is 2.61. The van der Waals surface area contributed by atoms with Gasteiger partial charge >= 0.3 is 0 Å². The average Bonchev–Trinajstić information content (AvgIpc) is 3.08. The fraction of sp³-hybridized carbons (Fsp3) is 0.333. The number of amides is 1. The topological polar surface area (TPSA) is 81.4 Å². The molecule has 3 aromatic rings. The number of nitrogens with zero attached hydrogens (tertiary/aromatic N) is 4. The van der Waals surface area contributed by atoms with Gasteiger partial charge in [-0.2, -0.15) is 5.10 Å². The van der Waals surface area contributed by atoms with Gasteiger partial charge in [0.05, 0.1) is 6.20 Å². The van der Waals surface area contributed by atoms with Crippen molar-refractivity contribution in [1.82, 2.24) is 20.3 Å². The maximum absolute atomic E-state index is 12.4. The normalized spacial score (nSPS) is 15.5. The number of hydrogen-bond acceptors (Lipinski definition) is 6. The summed E-state index contributed by atoms with van der Waals surface area (Å²) in [6, 6.07) is 9.54. The third-order valence-electron chi connectivity index (χ3n) is 4.39. The van der Waals surface area contributed by atoms with Crippen LogP contribution >= 0.6 is 0 Å². The molecule has 4 rings (SSSR count). The SMILES string of the molecule is Cc1cc(C(=O)N2CCC(Oc3nncc4ccccc34)CC2)no1. The van der Waals surface area contributed by atoms with Crippen molar-refractivity contribution in [3.63, 3.8) is 0 Å². The van der Waals surface area contributed by atoms with E-state index in [1.807, 2.05) is 24.3 Å². The van der Waals surface area contributed by atoms with E-state index in [2.05, 4.69) is 15.4 Å². The van der Waals surface area contributed by atoms with E-state index in [0.717, 1.165) is 23.6 Å². The minimum atomic E-state index is -0.0970. The van der Waals surface area contributed by atoms with Crippen LogP contribution in [-0.4, -0.2) is 45.4 Å². The molecule has 0 atom stereocenters. The second kappa shape index (κ2) is 6.51. The minimum absolute atomic E-state index is 0.0169. The molecule has 128 valence electrons. The summed E-state index contributed by atoms with van der Waals surface area (Å²) < 4.78 is 11.0. The monoisotopic (exact) mass is 338 g/mol. The lowest BCUT2D eigenvalue weighted by atomic mass is 10.1. The predicted molar refractivity (Wildman–Crippen MR) is 90.3 cm³/mol. The Morgan fingerprint density at radius 3 is 2.84 bits per heavy atom. The minimum Gasteiger partial charge on any atom is -0.473 e. The molecule has 1 fully saturated rings.